The van der Waals surface area contributed by atoms with Crippen LogP contribution < -0.4 is 10.6 Å². The van der Waals surface area contributed by atoms with Crippen molar-refractivity contribution < 1.29 is 0 Å². The van der Waals surface area contributed by atoms with Crippen LogP contribution in [0.3, 0.4) is 0 Å². The molecule has 2 unspecified atom stereocenters. The van der Waals surface area contributed by atoms with Crippen molar-refractivity contribution in [2.75, 3.05) is 13.1 Å². The Kier molecular flexibility index (Phi) is 4.46. The Morgan fingerprint density at radius 1 is 1.69 bits per heavy atom. The van der Waals surface area contributed by atoms with Crippen LogP contribution in [0.15, 0.2) is 12.2 Å². The van der Waals surface area contributed by atoms with Gasteiger partial charge in [0.2, 0.25) is 0 Å². The molecule has 2 nitrogen and oxygen atoms in total. The average molecular weight is 182 g/mol. The molecule has 76 valence electrons. The van der Waals surface area contributed by atoms with E-state index in [0.29, 0.717) is 6.04 Å². The Balaban J connectivity index is 2.09. The summed E-state index contributed by atoms with van der Waals surface area (Å²) >= 11 is 0. The normalized spacial score (nSPS) is 24.6. The predicted octanol–water partition coefficient (Wildman–Crippen LogP) is 1.68. The van der Waals surface area contributed by atoms with Gasteiger partial charge in [-0.3, -0.25) is 0 Å². The van der Waals surface area contributed by atoms with Gasteiger partial charge in [-0.15, -0.1) is 0 Å². The highest BCUT2D eigenvalue weighted by atomic mass is 15.0. The van der Waals surface area contributed by atoms with Gasteiger partial charge in [0, 0.05) is 18.6 Å². The number of hydrogen-bond acceptors (Lipinski definition) is 2. The first-order chi connectivity index (χ1) is 6.18. The van der Waals surface area contributed by atoms with E-state index in [-0.39, 0.29) is 0 Å². The summed E-state index contributed by atoms with van der Waals surface area (Å²) in [5, 5.41) is 6.98. The lowest BCUT2D eigenvalue weighted by atomic mass is 10.1. The van der Waals surface area contributed by atoms with Crippen LogP contribution >= 0.6 is 0 Å². The molecule has 0 aromatic heterocycles. The molecule has 0 bridgehead atoms. The fraction of sp³-hybridized carbons (Fsp3) is 0.818. The van der Waals surface area contributed by atoms with Crippen LogP contribution in [0.4, 0.5) is 0 Å². The van der Waals surface area contributed by atoms with E-state index in [2.05, 4.69) is 31.1 Å². The Labute approximate surface area is 81.8 Å². The van der Waals surface area contributed by atoms with Gasteiger partial charge in [-0.05, 0) is 39.7 Å². The molecule has 1 aliphatic heterocycles. The monoisotopic (exact) mass is 182 g/mol. The van der Waals surface area contributed by atoms with Crippen molar-refractivity contribution in [3.63, 3.8) is 0 Å². The van der Waals surface area contributed by atoms with Crippen LogP contribution in [0.2, 0.25) is 0 Å². The molecular weight excluding hydrogens is 160 g/mol. The molecular formula is C11H22N2. The highest BCUT2D eigenvalue weighted by Gasteiger charge is 2.16. The molecule has 0 aliphatic carbocycles. The third kappa shape index (κ3) is 4.44. The lowest BCUT2D eigenvalue weighted by molar-refractivity contribution is 0.452. The van der Waals surface area contributed by atoms with Crippen molar-refractivity contribution in [1.29, 1.82) is 0 Å². The molecule has 0 aromatic rings. The van der Waals surface area contributed by atoms with E-state index < -0.39 is 0 Å². The van der Waals surface area contributed by atoms with E-state index in [9.17, 15) is 0 Å². The molecule has 13 heavy (non-hydrogen) atoms. The third-order valence-electron chi connectivity index (χ3n) is 2.55. The molecule has 0 amide bonds. The molecule has 1 rings (SSSR count). The maximum absolute atomic E-state index is 3.88. The van der Waals surface area contributed by atoms with Gasteiger partial charge in [0.05, 0.1) is 0 Å². The molecule has 2 heteroatoms. The standard InChI is InChI=1S/C11H22N2/c1-9(2)8-13-10(3)7-11-5-4-6-12-11/h10-13H,1,4-8H2,2-3H3. The fourth-order valence-corrected chi connectivity index (χ4v) is 1.82. The summed E-state index contributed by atoms with van der Waals surface area (Å²) in [6.45, 7) is 10.4. The van der Waals surface area contributed by atoms with Gasteiger partial charge < -0.3 is 10.6 Å². The summed E-state index contributed by atoms with van der Waals surface area (Å²) in [5.74, 6) is 0. The van der Waals surface area contributed by atoms with Crippen LogP contribution in [0, 0.1) is 0 Å². The summed E-state index contributed by atoms with van der Waals surface area (Å²) in [5.41, 5.74) is 1.21. The predicted molar refractivity (Wildman–Crippen MR) is 57.9 cm³/mol. The number of hydrogen-bond donors (Lipinski definition) is 2. The van der Waals surface area contributed by atoms with E-state index in [0.717, 1.165) is 12.6 Å². The van der Waals surface area contributed by atoms with Crippen LogP contribution in [0.25, 0.3) is 0 Å². The zero-order valence-electron chi connectivity index (χ0n) is 8.90. The van der Waals surface area contributed by atoms with Crippen LogP contribution in [0.1, 0.15) is 33.1 Å². The molecule has 0 spiro atoms. The second-order valence-electron chi connectivity index (χ2n) is 4.27. The molecule has 1 aliphatic rings. The zero-order chi connectivity index (χ0) is 9.68. The summed E-state index contributed by atoms with van der Waals surface area (Å²) in [6, 6.07) is 1.35. The summed E-state index contributed by atoms with van der Waals surface area (Å²) in [6.07, 6.45) is 3.93. The highest BCUT2D eigenvalue weighted by molar-refractivity contribution is 4.92. The van der Waals surface area contributed by atoms with Crippen molar-refractivity contribution in [3.05, 3.63) is 12.2 Å². The minimum atomic E-state index is 0.604. The summed E-state index contributed by atoms with van der Waals surface area (Å²) in [4.78, 5) is 0. The Morgan fingerprint density at radius 2 is 2.46 bits per heavy atom. The molecule has 0 radical (unpaired) electrons. The Hall–Kier alpha value is -0.340. The first-order valence-electron chi connectivity index (χ1n) is 5.29. The number of rotatable bonds is 5. The first-order valence-corrected chi connectivity index (χ1v) is 5.29. The van der Waals surface area contributed by atoms with Gasteiger partial charge >= 0.3 is 0 Å². The van der Waals surface area contributed by atoms with Crippen LogP contribution in [-0.4, -0.2) is 25.2 Å². The van der Waals surface area contributed by atoms with Gasteiger partial charge in [-0.2, -0.15) is 0 Å². The molecule has 1 heterocycles. The van der Waals surface area contributed by atoms with E-state index in [1.807, 2.05) is 0 Å². The lowest BCUT2D eigenvalue weighted by Crippen LogP contribution is -2.34. The minimum Gasteiger partial charge on any atom is -0.314 e. The van der Waals surface area contributed by atoms with Crippen molar-refractivity contribution in [2.24, 2.45) is 0 Å². The third-order valence-corrected chi connectivity index (χ3v) is 2.55. The zero-order valence-corrected chi connectivity index (χ0v) is 8.90. The maximum atomic E-state index is 3.88. The first kappa shape index (κ1) is 10.7. The quantitative estimate of drug-likeness (QED) is 0.632. The summed E-state index contributed by atoms with van der Waals surface area (Å²) < 4.78 is 0. The topological polar surface area (TPSA) is 24.1 Å². The Bertz CT molecular complexity index is 159. The average Bonchev–Trinajstić information content (AvgIpc) is 2.53. The molecule has 1 saturated heterocycles. The second kappa shape index (κ2) is 5.40. The van der Waals surface area contributed by atoms with E-state index >= 15 is 0 Å². The number of nitrogens with one attached hydrogen (secondary N) is 2. The smallest absolute Gasteiger partial charge is 0.0161 e. The van der Waals surface area contributed by atoms with Crippen molar-refractivity contribution in [1.82, 2.24) is 10.6 Å². The Morgan fingerprint density at radius 3 is 3.00 bits per heavy atom. The highest BCUT2D eigenvalue weighted by Crippen LogP contribution is 2.10. The minimum absolute atomic E-state index is 0.604. The summed E-state index contributed by atoms with van der Waals surface area (Å²) in [7, 11) is 0. The van der Waals surface area contributed by atoms with Crippen molar-refractivity contribution >= 4 is 0 Å². The van der Waals surface area contributed by atoms with Gasteiger partial charge in [0.15, 0.2) is 0 Å². The SMILES string of the molecule is C=C(C)CNC(C)CC1CCCN1. The van der Waals surface area contributed by atoms with Gasteiger partial charge in [0.25, 0.3) is 0 Å². The van der Waals surface area contributed by atoms with Crippen LogP contribution in [0.5, 0.6) is 0 Å². The van der Waals surface area contributed by atoms with Crippen molar-refractivity contribution in [2.45, 2.75) is 45.2 Å². The molecule has 2 N–H and O–H groups in total. The van der Waals surface area contributed by atoms with E-state index in [1.54, 1.807) is 0 Å². The largest absolute Gasteiger partial charge is 0.314 e. The molecule has 1 fully saturated rings. The lowest BCUT2D eigenvalue weighted by Gasteiger charge is -2.18. The molecule has 0 saturated carbocycles. The van der Waals surface area contributed by atoms with E-state index in [4.69, 9.17) is 0 Å². The molecule has 0 aromatic carbocycles. The molecule has 2 atom stereocenters. The van der Waals surface area contributed by atoms with E-state index in [1.165, 1.54) is 31.4 Å². The van der Waals surface area contributed by atoms with Crippen LogP contribution in [-0.2, 0) is 0 Å². The maximum Gasteiger partial charge on any atom is 0.0161 e. The second-order valence-corrected chi connectivity index (χ2v) is 4.27. The fourth-order valence-electron chi connectivity index (χ4n) is 1.82. The van der Waals surface area contributed by atoms with Crippen molar-refractivity contribution in [3.8, 4) is 0 Å². The van der Waals surface area contributed by atoms with Gasteiger partial charge in [-0.1, -0.05) is 12.2 Å². The van der Waals surface area contributed by atoms with Gasteiger partial charge in [-0.25, -0.2) is 0 Å². The van der Waals surface area contributed by atoms with Gasteiger partial charge in [0.1, 0.15) is 0 Å².